The molecule has 0 bridgehead atoms. The first kappa shape index (κ1) is 12.0. The fourth-order valence-electron chi connectivity index (χ4n) is 2.20. The van der Waals surface area contributed by atoms with Gasteiger partial charge < -0.3 is 16.0 Å². The average Bonchev–Trinajstić information content (AvgIpc) is 2.29. The van der Waals surface area contributed by atoms with Gasteiger partial charge in [-0.2, -0.15) is 0 Å². The van der Waals surface area contributed by atoms with Crippen LogP contribution in [0.3, 0.4) is 0 Å². The van der Waals surface area contributed by atoms with Gasteiger partial charge in [0.15, 0.2) is 0 Å². The van der Waals surface area contributed by atoms with Crippen LogP contribution < -0.4 is 16.0 Å². The second-order valence-corrected chi connectivity index (χ2v) is 4.55. The highest BCUT2D eigenvalue weighted by molar-refractivity contribution is 6.31. The third kappa shape index (κ3) is 2.31. The van der Waals surface area contributed by atoms with Gasteiger partial charge in [-0.25, -0.2) is 0 Å². The molecule has 0 aromatic heterocycles. The Morgan fingerprint density at radius 2 is 2.35 bits per heavy atom. The van der Waals surface area contributed by atoms with Gasteiger partial charge in [0.1, 0.15) is 6.04 Å². The van der Waals surface area contributed by atoms with Crippen LogP contribution in [0.5, 0.6) is 0 Å². The number of nitrogens with two attached hydrogens (primary N) is 1. The van der Waals surface area contributed by atoms with E-state index in [1.807, 2.05) is 17.9 Å². The van der Waals surface area contributed by atoms with Crippen molar-refractivity contribution in [2.24, 2.45) is 0 Å². The number of hydrogen-bond donors (Lipinski definition) is 2. The Morgan fingerprint density at radius 3 is 3.00 bits per heavy atom. The van der Waals surface area contributed by atoms with Crippen LogP contribution in [0.2, 0.25) is 5.02 Å². The maximum atomic E-state index is 11.8. The maximum Gasteiger partial charge on any atom is 0.242 e. The summed E-state index contributed by atoms with van der Waals surface area (Å²) in [6.07, 6.45) is 0.758. The predicted molar refractivity (Wildman–Crippen MR) is 70.3 cm³/mol. The number of piperazine rings is 1. The lowest BCUT2D eigenvalue weighted by molar-refractivity contribution is -0.123. The molecule has 4 nitrogen and oxygen atoms in total. The summed E-state index contributed by atoms with van der Waals surface area (Å²) in [6, 6.07) is 5.24. The molecule has 1 fully saturated rings. The van der Waals surface area contributed by atoms with Gasteiger partial charge in [0.2, 0.25) is 5.91 Å². The van der Waals surface area contributed by atoms with E-state index in [2.05, 4.69) is 5.32 Å². The van der Waals surface area contributed by atoms with E-state index in [1.165, 1.54) is 0 Å². The molecule has 2 rings (SSSR count). The smallest absolute Gasteiger partial charge is 0.242 e. The van der Waals surface area contributed by atoms with Crippen molar-refractivity contribution in [3.63, 3.8) is 0 Å². The van der Waals surface area contributed by atoms with Crippen molar-refractivity contribution in [2.45, 2.75) is 19.4 Å². The lowest BCUT2D eigenvalue weighted by atomic mass is 10.1. The van der Waals surface area contributed by atoms with Crippen molar-refractivity contribution in [3.05, 3.63) is 23.2 Å². The van der Waals surface area contributed by atoms with Gasteiger partial charge >= 0.3 is 0 Å². The molecular weight excluding hydrogens is 238 g/mol. The zero-order valence-corrected chi connectivity index (χ0v) is 10.5. The molecule has 0 aliphatic carbocycles. The predicted octanol–water partition coefficient (Wildman–Crippen LogP) is 1.64. The summed E-state index contributed by atoms with van der Waals surface area (Å²) in [6.45, 7) is 3.42. The number of carbonyl (C=O) groups excluding carboxylic acids is 1. The van der Waals surface area contributed by atoms with Crippen LogP contribution in [0.4, 0.5) is 11.4 Å². The van der Waals surface area contributed by atoms with Crippen LogP contribution in [-0.2, 0) is 4.79 Å². The van der Waals surface area contributed by atoms with E-state index >= 15 is 0 Å². The Hall–Kier alpha value is -1.42. The molecular formula is C12H16ClN3O. The number of amides is 1. The van der Waals surface area contributed by atoms with Gasteiger partial charge in [0.05, 0.1) is 11.4 Å². The van der Waals surface area contributed by atoms with Crippen LogP contribution in [0, 0.1) is 0 Å². The summed E-state index contributed by atoms with van der Waals surface area (Å²) in [5.41, 5.74) is 7.46. The molecule has 1 heterocycles. The molecule has 1 aliphatic rings. The molecule has 17 heavy (non-hydrogen) atoms. The van der Waals surface area contributed by atoms with Gasteiger partial charge in [-0.3, -0.25) is 4.79 Å². The number of nitrogens with zero attached hydrogens (tertiary/aromatic N) is 1. The maximum absolute atomic E-state index is 11.8. The molecule has 1 aromatic rings. The Kier molecular flexibility index (Phi) is 3.43. The third-order valence-corrected chi connectivity index (χ3v) is 3.25. The van der Waals surface area contributed by atoms with Crippen molar-refractivity contribution in [1.82, 2.24) is 5.32 Å². The number of hydrogen-bond acceptors (Lipinski definition) is 3. The highest BCUT2D eigenvalue weighted by Gasteiger charge is 2.29. The van der Waals surface area contributed by atoms with Crippen molar-refractivity contribution >= 4 is 28.9 Å². The number of carbonyl (C=O) groups is 1. The second-order valence-electron chi connectivity index (χ2n) is 4.11. The van der Waals surface area contributed by atoms with Crippen LogP contribution >= 0.6 is 11.6 Å². The molecule has 1 aromatic carbocycles. The van der Waals surface area contributed by atoms with Gasteiger partial charge in [-0.15, -0.1) is 0 Å². The first-order valence-electron chi connectivity index (χ1n) is 5.73. The van der Waals surface area contributed by atoms with Crippen LogP contribution in [0.15, 0.2) is 18.2 Å². The largest absolute Gasteiger partial charge is 0.397 e. The third-order valence-electron chi connectivity index (χ3n) is 3.02. The topological polar surface area (TPSA) is 58.4 Å². The first-order chi connectivity index (χ1) is 8.13. The molecule has 5 heteroatoms. The fraction of sp³-hybridized carbons (Fsp3) is 0.417. The SMILES string of the molecule is CCC1C(=O)NCCN1c1ccc(Cl)cc1N. The second kappa shape index (κ2) is 4.84. The molecule has 1 aliphatic heterocycles. The quantitative estimate of drug-likeness (QED) is 0.788. The molecule has 0 saturated carbocycles. The Labute approximate surface area is 106 Å². The van der Waals surface area contributed by atoms with Gasteiger partial charge in [0.25, 0.3) is 0 Å². The molecule has 3 N–H and O–H groups in total. The summed E-state index contributed by atoms with van der Waals surface area (Å²) in [5, 5.41) is 3.48. The fourth-order valence-corrected chi connectivity index (χ4v) is 2.38. The summed E-state index contributed by atoms with van der Waals surface area (Å²) in [4.78, 5) is 13.8. The standard InChI is InChI=1S/C12H16ClN3O/c1-2-10-12(17)15-5-6-16(10)11-4-3-8(13)7-9(11)14/h3-4,7,10H,2,5-6,14H2,1H3,(H,15,17). The monoisotopic (exact) mass is 253 g/mol. The Morgan fingerprint density at radius 1 is 1.59 bits per heavy atom. The molecule has 0 radical (unpaired) electrons. The van der Waals surface area contributed by atoms with E-state index in [0.29, 0.717) is 17.3 Å². The Bertz CT molecular complexity index is 436. The number of benzene rings is 1. The lowest BCUT2D eigenvalue weighted by Gasteiger charge is -2.36. The highest BCUT2D eigenvalue weighted by atomic mass is 35.5. The van der Waals surface area contributed by atoms with E-state index < -0.39 is 0 Å². The van der Waals surface area contributed by atoms with Crippen LogP contribution in [-0.4, -0.2) is 25.0 Å². The zero-order chi connectivity index (χ0) is 12.4. The van der Waals surface area contributed by atoms with E-state index in [4.69, 9.17) is 17.3 Å². The summed E-state index contributed by atoms with van der Waals surface area (Å²) < 4.78 is 0. The van der Waals surface area contributed by atoms with Gasteiger partial charge in [-0.1, -0.05) is 18.5 Å². The highest BCUT2D eigenvalue weighted by Crippen LogP contribution is 2.29. The van der Waals surface area contributed by atoms with E-state index in [9.17, 15) is 4.79 Å². The molecule has 0 spiro atoms. The van der Waals surface area contributed by atoms with Gasteiger partial charge in [0, 0.05) is 18.1 Å². The van der Waals surface area contributed by atoms with E-state index in [0.717, 1.165) is 18.7 Å². The number of halogens is 1. The van der Waals surface area contributed by atoms with E-state index in [1.54, 1.807) is 12.1 Å². The summed E-state index contributed by atoms with van der Waals surface area (Å²) >= 11 is 5.88. The molecule has 1 saturated heterocycles. The summed E-state index contributed by atoms with van der Waals surface area (Å²) in [5.74, 6) is 0.0631. The molecule has 1 atom stereocenters. The van der Waals surface area contributed by atoms with Crippen molar-refractivity contribution < 1.29 is 4.79 Å². The zero-order valence-electron chi connectivity index (χ0n) is 9.74. The van der Waals surface area contributed by atoms with Gasteiger partial charge in [-0.05, 0) is 24.6 Å². The summed E-state index contributed by atoms with van der Waals surface area (Å²) in [7, 11) is 0. The van der Waals surface area contributed by atoms with E-state index in [-0.39, 0.29) is 11.9 Å². The van der Waals surface area contributed by atoms with Crippen molar-refractivity contribution in [1.29, 1.82) is 0 Å². The lowest BCUT2D eigenvalue weighted by Crippen LogP contribution is -2.55. The number of anilines is 2. The minimum absolute atomic E-state index is 0.0631. The molecule has 92 valence electrons. The number of nitrogens with one attached hydrogen (secondary N) is 1. The number of nitrogen functional groups attached to an aromatic ring is 1. The minimum atomic E-state index is -0.146. The van der Waals surface area contributed by atoms with Crippen molar-refractivity contribution in [3.8, 4) is 0 Å². The Balaban J connectivity index is 2.33. The average molecular weight is 254 g/mol. The van der Waals surface area contributed by atoms with Crippen LogP contribution in [0.25, 0.3) is 0 Å². The molecule has 1 amide bonds. The number of rotatable bonds is 2. The first-order valence-corrected chi connectivity index (χ1v) is 6.10. The normalized spacial score (nSPS) is 20.2. The van der Waals surface area contributed by atoms with Crippen LogP contribution in [0.1, 0.15) is 13.3 Å². The minimum Gasteiger partial charge on any atom is -0.397 e. The van der Waals surface area contributed by atoms with Crippen molar-refractivity contribution in [2.75, 3.05) is 23.7 Å². The molecule has 1 unspecified atom stereocenters.